The molecule has 2 atom stereocenters. The van der Waals surface area contributed by atoms with Gasteiger partial charge in [-0.3, -0.25) is 9.59 Å². The summed E-state index contributed by atoms with van der Waals surface area (Å²) in [6.07, 6.45) is 7.91. The Bertz CT molecular complexity index is 586. The summed E-state index contributed by atoms with van der Waals surface area (Å²) >= 11 is 0. The summed E-state index contributed by atoms with van der Waals surface area (Å²) < 4.78 is 5.00. The summed E-state index contributed by atoms with van der Waals surface area (Å²) in [6.45, 7) is 7.92. The van der Waals surface area contributed by atoms with Gasteiger partial charge in [0.05, 0.1) is 11.8 Å². The van der Waals surface area contributed by atoms with E-state index in [1.165, 1.54) is 12.5 Å². The zero-order chi connectivity index (χ0) is 18.0. The van der Waals surface area contributed by atoms with Crippen LogP contribution < -0.4 is 0 Å². The Labute approximate surface area is 150 Å². The van der Waals surface area contributed by atoms with E-state index in [1.54, 1.807) is 6.07 Å². The average molecular weight is 346 g/mol. The van der Waals surface area contributed by atoms with E-state index in [9.17, 15) is 9.59 Å². The number of carbonyl (C=O) groups excluding carboxylic acids is 2. The van der Waals surface area contributed by atoms with Crippen LogP contribution in [-0.4, -0.2) is 46.8 Å². The van der Waals surface area contributed by atoms with Crippen molar-refractivity contribution < 1.29 is 14.0 Å². The number of nitrogens with zero attached hydrogens (tertiary/aromatic N) is 2. The van der Waals surface area contributed by atoms with Crippen molar-refractivity contribution in [2.45, 2.75) is 65.0 Å². The van der Waals surface area contributed by atoms with E-state index in [1.807, 2.05) is 4.90 Å². The van der Waals surface area contributed by atoms with Crippen molar-refractivity contribution >= 4 is 11.8 Å². The van der Waals surface area contributed by atoms with Crippen molar-refractivity contribution in [1.29, 1.82) is 0 Å². The Morgan fingerprint density at radius 1 is 1.24 bits per heavy atom. The van der Waals surface area contributed by atoms with Gasteiger partial charge in [-0.2, -0.15) is 0 Å². The van der Waals surface area contributed by atoms with E-state index in [2.05, 4.69) is 25.7 Å². The molecule has 2 fully saturated rings. The number of hydrogen-bond acceptors (Lipinski definition) is 3. The Morgan fingerprint density at radius 3 is 2.44 bits per heavy atom. The van der Waals surface area contributed by atoms with Gasteiger partial charge in [-0.05, 0) is 44.6 Å². The summed E-state index contributed by atoms with van der Waals surface area (Å²) in [5.74, 6) is 0.894. The van der Waals surface area contributed by atoms with Gasteiger partial charge >= 0.3 is 0 Å². The van der Waals surface area contributed by atoms with Crippen molar-refractivity contribution in [2.75, 3.05) is 13.1 Å². The van der Waals surface area contributed by atoms with Crippen LogP contribution in [0.5, 0.6) is 0 Å². The van der Waals surface area contributed by atoms with E-state index < -0.39 is 0 Å². The number of furan rings is 1. The van der Waals surface area contributed by atoms with Crippen LogP contribution in [0.4, 0.5) is 0 Å². The average Bonchev–Trinajstić information content (AvgIpc) is 3.32. The van der Waals surface area contributed by atoms with Gasteiger partial charge < -0.3 is 14.2 Å². The summed E-state index contributed by atoms with van der Waals surface area (Å²) in [4.78, 5) is 29.6. The van der Waals surface area contributed by atoms with E-state index >= 15 is 0 Å². The Balaban J connectivity index is 1.59. The highest BCUT2D eigenvalue weighted by molar-refractivity contribution is 5.94. The summed E-state index contributed by atoms with van der Waals surface area (Å²) in [7, 11) is 0. The van der Waals surface area contributed by atoms with Crippen LogP contribution in [0, 0.1) is 11.8 Å². The Hall–Kier alpha value is -1.78. The fourth-order valence-electron chi connectivity index (χ4n) is 3.79. The number of carbonyl (C=O) groups is 2. The van der Waals surface area contributed by atoms with Crippen LogP contribution in [-0.2, 0) is 4.79 Å². The third-order valence-electron chi connectivity index (χ3n) is 6.00. The predicted octanol–water partition coefficient (Wildman–Crippen LogP) is 3.56. The first-order chi connectivity index (χ1) is 12.0. The maximum absolute atomic E-state index is 13.2. The molecule has 2 aliphatic rings. The molecule has 25 heavy (non-hydrogen) atoms. The SMILES string of the molecule is CC[C@@H](C)[C@@H](C)N(C(=O)C1CCN(C(=O)c2ccoc2)CC1)C1CC1. The van der Waals surface area contributed by atoms with Gasteiger partial charge in [0.25, 0.3) is 5.91 Å². The molecule has 2 amide bonds. The van der Waals surface area contributed by atoms with Gasteiger partial charge in [0.2, 0.25) is 5.91 Å². The maximum Gasteiger partial charge on any atom is 0.257 e. The zero-order valence-corrected chi connectivity index (χ0v) is 15.6. The van der Waals surface area contributed by atoms with Crippen molar-refractivity contribution in [1.82, 2.24) is 9.80 Å². The predicted molar refractivity (Wildman–Crippen MR) is 96.1 cm³/mol. The highest BCUT2D eigenvalue weighted by Crippen LogP contribution is 2.34. The third kappa shape index (κ3) is 3.91. The van der Waals surface area contributed by atoms with Crippen molar-refractivity contribution in [3.63, 3.8) is 0 Å². The van der Waals surface area contributed by atoms with Gasteiger partial charge in [0.15, 0.2) is 0 Å². The molecule has 0 spiro atoms. The van der Waals surface area contributed by atoms with Crippen LogP contribution in [0.3, 0.4) is 0 Å². The molecule has 1 saturated heterocycles. The van der Waals surface area contributed by atoms with E-state index in [0.717, 1.165) is 32.1 Å². The van der Waals surface area contributed by atoms with E-state index in [4.69, 9.17) is 4.42 Å². The highest BCUT2D eigenvalue weighted by Gasteiger charge is 2.40. The molecule has 2 heterocycles. The Morgan fingerprint density at radius 2 is 1.92 bits per heavy atom. The smallest absolute Gasteiger partial charge is 0.257 e. The number of amides is 2. The number of piperidine rings is 1. The zero-order valence-electron chi connectivity index (χ0n) is 15.6. The fraction of sp³-hybridized carbons (Fsp3) is 0.700. The van der Waals surface area contributed by atoms with Crippen LogP contribution in [0.15, 0.2) is 23.0 Å². The molecule has 1 aliphatic heterocycles. The molecule has 1 aromatic heterocycles. The normalized spacial score (nSPS) is 21.0. The first-order valence-electron chi connectivity index (χ1n) is 9.66. The standard InChI is InChI=1S/C20H30N2O3/c1-4-14(2)15(3)22(18-5-6-18)20(24)16-7-10-21(11-8-16)19(23)17-9-12-25-13-17/h9,12-16,18H,4-8,10-11H2,1-3H3/t14-,15-/m1/s1. The summed E-state index contributed by atoms with van der Waals surface area (Å²) in [5.41, 5.74) is 0.592. The van der Waals surface area contributed by atoms with Crippen molar-refractivity contribution in [3.05, 3.63) is 24.2 Å². The van der Waals surface area contributed by atoms with Crippen LogP contribution in [0.1, 0.15) is 63.2 Å². The monoisotopic (exact) mass is 346 g/mol. The maximum atomic E-state index is 13.2. The molecule has 0 radical (unpaired) electrons. The molecule has 1 aromatic rings. The molecule has 3 rings (SSSR count). The topological polar surface area (TPSA) is 53.8 Å². The lowest BCUT2D eigenvalue weighted by molar-refractivity contribution is -0.140. The van der Waals surface area contributed by atoms with Crippen LogP contribution in [0.25, 0.3) is 0 Å². The second kappa shape index (κ2) is 7.63. The lowest BCUT2D eigenvalue weighted by Crippen LogP contribution is -2.49. The molecule has 0 N–H and O–H groups in total. The van der Waals surface area contributed by atoms with E-state index in [0.29, 0.717) is 42.6 Å². The highest BCUT2D eigenvalue weighted by atomic mass is 16.3. The summed E-state index contributed by atoms with van der Waals surface area (Å²) in [6, 6.07) is 2.44. The number of hydrogen-bond donors (Lipinski definition) is 0. The molecule has 5 nitrogen and oxygen atoms in total. The molecule has 5 heteroatoms. The first kappa shape index (κ1) is 18.0. The van der Waals surface area contributed by atoms with Crippen LogP contribution >= 0.6 is 0 Å². The number of rotatable bonds is 6. The largest absolute Gasteiger partial charge is 0.472 e. The minimum absolute atomic E-state index is 0.00618. The molecule has 1 saturated carbocycles. The first-order valence-corrected chi connectivity index (χ1v) is 9.66. The van der Waals surface area contributed by atoms with Gasteiger partial charge in [-0.25, -0.2) is 0 Å². The second-order valence-electron chi connectivity index (χ2n) is 7.68. The molecular weight excluding hydrogens is 316 g/mol. The fourth-order valence-corrected chi connectivity index (χ4v) is 3.79. The van der Waals surface area contributed by atoms with Crippen LogP contribution in [0.2, 0.25) is 0 Å². The van der Waals surface area contributed by atoms with Gasteiger partial charge in [0.1, 0.15) is 6.26 Å². The minimum Gasteiger partial charge on any atom is -0.472 e. The van der Waals surface area contributed by atoms with Gasteiger partial charge in [-0.1, -0.05) is 20.3 Å². The van der Waals surface area contributed by atoms with Crippen molar-refractivity contribution in [3.8, 4) is 0 Å². The molecule has 1 aliphatic carbocycles. The third-order valence-corrected chi connectivity index (χ3v) is 6.00. The Kier molecular flexibility index (Phi) is 5.50. The quantitative estimate of drug-likeness (QED) is 0.791. The van der Waals surface area contributed by atoms with E-state index in [-0.39, 0.29) is 11.8 Å². The lowest BCUT2D eigenvalue weighted by Gasteiger charge is -2.38. The molecule has 0 unspecified atom stereocenters. The van der Waals surface area contributed by atoms with Crippen molar-refractivity contribution in [2.24, 2.45) is 11.8 Å². The molecule has 138 valence electrons. The second-order valence-corrected chi connectivity index (χ2v) is 7.68. The molecule has 0 aromatic carbocycles. The van der Waals surface area contributed by atoms with Gasteiger partial charge in [0, 0.05) is 31.1 Å². The lowest BCUT2D eigenvalue weighted by atomic mass is 9.92. The van der Waals surface area contributed by atoms with Gasteiger partial charge in [-0.15, -0.1) is 0 Å². The molecular formula is C20H30N2O3. The molecule has 0 bridgehead atoms. The minimum atomic E-state index is 0.00618. The number of likely N-dealkylation sites (tertiary alicyclic amines) is 1. The summed E-state index contributed by atoms with van der Waals surface area (Å²) in [5, 5.41) is 0.